The third-order valence-corrected chi connectivity index (χ3v) is 5.35. The average Bonchev–Trinajstić information content (AvgIpc) is 2.42. The van der Waals surface area contributed by atoms with Crippen molar-refractivity contribution in [3.63, 3.8) is 0 Å². The van der Waals surface area contributed by atoms with Crippen molar-refractivity contribution in [1.29, 1.82) is 0 Å². The Labute approximate surface area is 127 Å². The van der Waals surface area contributed by atoms with E-state index in [4.69, 9.17) is 0 Å². The van der Waals surface area contributed by atoms with Gasteiger partial charge in [0, 0.05) is 18.6 Å². The summed E-state index contributed by atoms with van der Waals surface area (Å²) in [6.45, 7) is 17.7. The predicted octanol–water partition coefficient (Wildman–Crippen LogP) is 4.30. The molecule has 1 saturated carbocycles. The highest BCUT2D eigenvalue weighted by Gasteiger charge is 2.37. The van der Waals surface area contributed by atoms with E-state index >= 15 is 0 Å². The molecule has 0 bridgehead atoms. The Kier molecular flexibility index (Phi) is 7.53. The summed E-state index contributed by atoms with van der Waals surface area (Å²) in [5.74, 6) is 0.863. The van der Waals surface area contributed by atoms with E-state index in [9.17, 15) is 0 Å². The highest BCUT2D eigenvalue weighted by Crippen LogP contribution is 2.37. The first kappa shape index (κ1) is 18.0. The van der Waals surface area contributed by atoms with Gasteiger partial charge in [0.25, 0.3) is 0 Å². The van der Waals surface area contributed by atoms with Crippen LogP contribution in [0.15, 0.2) is 0 Å². The van der Waals surface area contributed by atoms with Crippen molar-refractivity contribution in [3.8, 4) is 0 Å². The van der Waals surface area contributed by atoms with E-state index < -0.39 is 0 Å². The summed E-state index contributed by atoms with van der Waals surface area (Å²) < 4.78 is 0. The van der Waals surface area contributed by atoms with Gasteiger partial charge < -0.3 is 5.32 Å². The maximum Gasteiger partial charge on any atom is 0.0254 e. The Hall–Kier alpha value is -0.0800. The summed E-state index contributed by atoms with van der Waals surface area (Å²) in [5, 5.41) is 3.75. The molecule has 20 heavy (non-hydrogen) atoms. The Bertz CT molecular complexity index is 258. The molecule has 0 aliphatic heterocycles. The van der Waals surface area contributed by atoms with E-state index in [-0.39, 0.29) is 0 Å². The van der Waals surface area contributed by atoms with E-state index in [1.807, 2.05) is 0 Å². The van der Waals surface area contributed by atoms with Crippen LogP contribution in [-0.4, -0.2) is 36.6 Å². The molecule has 0 aromatic carbocycles. The number of nitrogens with zero attached hydrogens (tertiary/aromatic N) is 1. The van der Waals surface area contributed by atoms with Crippen molar-refractivity contribution in [2.24, 2.45) is 11.3 Å². The highest BCUT2D eigenvalue weighted by molar-refractivity contribution is 4.94. The minimum absolute atomic E-state index is 0.512. The zero-order valence-corrected chi connectivity index (χ0v) is 14.8. The Morgan fingerprint density at radius 3 is 2.30 bits per heavy atom. The molecule has 1 aliphatic rings. The molecule has 0 saturated heterocycles. The number of hydrogen-bond acceptors (Lipinski definition) is 2. The summed E-state index contributed by atoms with van der Waals surface area (Å²) in [6, 6.07) is 1.42. The van der Waals surface area contributed by atoms with Gasteiger partial charge in [0.15, 0.2) is 0 Å². The van der Waals surface area contributed by atoms with Crippen LogP contribution in [0.2, 0.25) is 0 Å². The maximum absolute atomic E-state index is 3.75. The third-order valence-electron chi connectivity index (χ3n) is 5.35. The van der Waals surface area contributed by atoms with Crippen LogP contribution in [0.3, 0.4) is 0 Å². The normalized spacial score (nSPS) is 26.4. The molecule has 0 heterocycles. The van der Waals surface area contributed by atoms with Crippen LogP contribution < -0.4 is 5.32 Å². The molecule has 1 aliphatic carbocycles. The fourth-order valence-electron chi connectivity index (χ4n) is 3.81. The van der Waals surface area contributed by atoms with Crippen LogP contribution >= 0.6 is 0 Å². The minimum atomic E-state index is 0.512. The fourth-order valence-corrected chi connectivity index (χ4v) is 3.81. The van der Waals surface area contributed by atoms with Crippen LogP contribution in [0.5, 0.6) is 0 Å². The molecule has 0 radical (unpaired) electrons. The number of likely N-dealkylation sites (N-methyl/N-ethyl adjacent to an activating group) is 2. The van der Waals surface area contributed by atoms with Crippen molar-refractivity contribution < 1.29 is 0 Å². The van der Waals surface area contributed by atoms with Crippen molar-refractivity contribution in [2.45, 2.75) is 85.7 Å². The molecular formula is C18H38N2. The Morgan fingerprint density at radius 1 is 1.15 bits per heavy atom. The second kappa shape index (κ2) is 8.38. The number of nitrogens with one attached hydrogen (secondary N) is 1. The van der Waals surface area contributed by atoms with E-state index in [0.29, 0.717) is 11.5 Å². The molecule has 0 amide bonds. The molecule has 1 N–H and O–H groups in total. The topological polar surface area (TPSA) is 15.3 Å². The number of hydrogen-bond donors (Lipinski definition) is 1. The SMILES string of the molecule is CCNC1CCC(C)(C)CC1N(CC)CC(CC)CC. The highest BCUT2D eigenvalue weighted by atomic mass is 15.2. The van der Waals surface area contributed by atoms with Crippen molar-refractivity contribution >= 4 is 0 Å². The smallest absolute Gasteiger partial charge is 0.0254 e. The van der Waals surface area contributed by atoms with E-state index in [0.717, 1.165) is 18.5 Å². The van der Waals surface area contributed by atoms with Crippen LogP contribution in [0.4, 0.5) is 0 Å². The van der Waals surface area contributed by atoms with Crippen molar-refractivity contribution in [3.05, 3.63) is 0 Å². The van der Waals surface area contributed by atoms with Crippen LogP contribution in [0, 0.1) is 11.3 Å². The maximum atomic E-state index is 3.75. The minimum Gasteiger partial charge on any atom is -0.313 e. The van der Waals surface area contributed by atoms with Gasteiger partial charge in [0.2, 0.25) is 0 Å². The van der Waals surface area contributed by atoms with E-state index in [1.54, 1.807) is 0 Å². The first-order valence-electron chi connectivity index (χ1n) is 8.94. The summed E-state index contributed by atoms with van der Waals surface area (Å²) in [5.41, 5.74) is 0.512. The summed E-state index contributed by atoms with van der Waals surface area (Å²) in [6.07, 6.45) is 6.68. The van der Waals surface area contributed by atoms with Crippen LogP contribution in [-0.2, 0) is 0 Å². The molecule has 2 atom stereocenters. The largest absolute Gasteiger partial charge is 0.313 e. The lowest BCUT2D eigenvalue weighted by atomic mass is 9.72. The summed E-state index contributed by atoms with van der Waals surface area (Å²) in [4.78, 5) is 2.77. The zero-order chi connectivity index (χ0) is 15.2. The van der Waals surface area contributed by atoms with Crippen LogP contribution in [0.25, 0.3) is 0 Å². The van der Waals surface area contributed by atoms with Gasteiger partial charge >= 0.3 is 0 Å². The van der Waals surface area contributed by atoms with Gasteiger partial charge in [-0.15, -0.1) is 0 Å². The van der Waals surface area contributed by atoms with Gasteiger partial charge in [0.05, 0.1) is 0 Å². The lowest BCUT2D eigenvalue weighted by Crippen LogP contribution is -2.55. The van der Waals surface area contributed by atoms with Gasteiger partial charge in [-0.3, -0.25) is 4.90 Å². The van der Waals surface area contributed by atoms with Gasteiger partial charge in [0.1, 0.15) is 0 Å². The molecule has 1 fully saturated rings. The zero-order valence-electron chi connectivity index (χ0n) is 14.8. The summed E-state index contributed by atoms with van der Waals surface area (Å²) in [7, 11) is 0. The summed E-state index contributed by atoms with van der Waals surface area (Å²) >= 11 is 0. The third kappa shape index (κ3) is 5.04. The lowest BCUT2D eigenvalue weighted by molar-refractivity contribution is 0.0570. The van der Waals surface area contributed by atoms with Gasteiger partial charge in [-0.2, -0.15) is 0 Å². The molecule has 0 spiro atoms. The molecule has 1 rings (SSSR count). The molecule has 0 aromatic rings. The standard InChI is InChI=1S/C18H38N2/c1-7-15(8-2)14-20(10-4)17-13-18(5,6)12-11-16(17)19-9-3/h15-17,19H,7-14H2,1-6H3. The first-order chi connectivity index (χ1) is 9.47. The molecule has 2 heteroatoms. The quantitative estimate of drug-likeness (QED) is 0.714. The first-order valence-corrected chi connectivity index (χ1v) is 8.94. The van der Waals surface area contributed by atoms with Gasteiger partial charge in [-0.05, 0) is 43.7 Å². The predicted molar refractivity (Wildman–Crippen MR) is 90.2 cm³/mol. The van der Waals surface area contributed by atoms with E-state index in [2.05, 4.69) is 51.8 Å². The lowest BCUT2D eigenvalue weighted by Gasteiger charge is -2.47. The van der Waals surface area contributed by atoms with Crippen molar-refractivity contribution in [1.82, 2.24) is 10.2 Å². The van der Waals surface area contributed by atoms with Crippen molar-refractivity contribution in [2.75, 3.05) is 19.6 Å². The molecule has 0 aromatic heterocycles. The fraction of sp³-hybridized carbons (Fsp3) is 1.00. The second-order valence-corrected chi connectivity index (χ2v) is 7.41. The molecule has 2 unspecified atom stereocenters. The van der Waals surface area contributed by atoms with Crippen LogP contribution in [0.1, 0.15) is 73.6 Å². The Morgan fingerprint density at radius 2 is 1.80 bits per heavy atom. The molecule has 120 valence electrons. The number of rotatable bonds is 8. The van der Waals surface area contributed by atoms with Gasteiger partial charge in [-0.1, -0.05) is 54.4 Å². The monoisotopic (exact) mass is 282 g/mol. The Balaban J connectivity index is 2.77. The molecule has 2 nitrogen and oxygen atoms in total. The average molecular weight is 283 g/mol. The van der Waals surface area contributed by atoms with Gasteiger partial charge in [-0.25, -0.2) is 0 Å². The van der Waals surface area contributed by atoms with E-state index in [1.165, 1.54) is 45.2 Å². The second-order valence-electron chi connectivity index (χ2n) is 7.41. The molecular weight excluding hydrogens is 244 g/mol.